The van der Waals surface area contributed by atoms with E-state index in [9.17, 15) is 13.2 Å². The third-order valence-electron chi connectivity index (χ3n) is 3.19. The monoisotopic (exact) mass is 243 g/mol. The average Bonchev–Trinajstić information content (AvgIpc) is 3.03. The second-order valence-electron chi connectivity index (χ2n) is 4.59. The largest absolute Gasteiger partial charge is 0.316 e. The third kappa shape index (κ3) is 2.80. The first-order valence-corrected chi connectivity index (χ1v) is 5.98. The second-order valence-corrected chi connectivity index (χ2v) is 4.59. The third-order valence-corrected chi connectivity index (χ3v) is 3.19. The fourth-order valence-electron chi connectivity index (χ4n) is 2.14. The Kier molecular flexibility index (Phi) is 3.72. The second kappa shape index (κ2) is 5.08. The highest BCUT2D eigenvalue weighted by atomic mass is 19.2. The number of nitrogens with one attached hydrogen (secondary N) is 1. The Morgan fingerprint density at radius 2 is 1.88 bits per heavy atom. The van der Waals surface area contributed by atoms with Crippen molar-refractivity contribution in [3.8, 4) is 0 Å². The number of rotatable bonds is 5. The molecule has 2 unspecified atom stereocenters. The van der Waals surface area contributed by atoms with Crippen LogP contribution in [-0.2, 0) is 0 Å². The van der Waals surface area contributed by atoms with E-state index in [0.717, 1.165) is 32.0 Å². The van der Waals surface area contributed by atoms with Gasteiger partial charge in [-0.3, -0.25) is 0 Å². The molecule has 0 aromatic heterocycles. The van der Waals surface area contributed by atoms with Crippen molar-refractivity contribution in [2.24, 2.45) is 5.92 Å². The van der Waals surface area contributed by atoms with Crippen molar-refractivity contribution in [2.75, 3.05) is 13.1 Å². The van der Waals surface area contributed by atoms with Crippen LogP contribution >= 0.6 is 0 Å². The minimum absolute atomic E-state index is 0.0365. The maximum Gasteiger partial charge on any atom is 0.161 e. The summed E-state index contributed by atoms with van der Waals surface area (Å²) in [5.74, 6) is -2.33. The van der Waals surface area contributed by atoms with E-state index in [4.69, 9.17) is 0 Å². The van der Waals surface area contributed by atoms with E-state index in [1.54, 1.807) is 0 Å². The molecule has 94 valence electrons. The first-order valence-electron chi connectivity index (χ1n) is 5.98. The van der Waals surface area contributed by atoms with Crippen molar-refractivity contribution in [3.05, 3.63) is 35.1 Å². The lowest BCUT2D eigenvalue weighted by molar-refractivity contribution is 0.488. The van der Waals surface area contributed by atoms with Gasteiger partial charge in [0.15, 0.2) is 11.6 Å². The lowest BCUT2D eigenvalue weighted by Gasteiger charge is -2.05. The summed E-state index contributed by atoms with van der Waals surface area (Å²) in [6.45, 7) is 3.83. The molecule has 1 aromatic rings. The van der Waals surface area contributed by atoms with Crippen molar-refractivity contribution < 1.29 is 13.2 Å². The highest BCUT2D eigenvalue weighted by Gasteiger charge is 2.39. The quantitative estimate of drug-likeness (QED) is 0.618. The van der Waals surface area contributed by atoms with Gasteiger partial charge in [0.05, 0.1) is 0 Å². The summed E-state index contributed by atoms with van der Waals surface area (Å²) in [4.78, 5) is 0. The molecule has 2 rings (SSSR count). The molecule has 0 saturated heterocycles. The number of benzene rings is 1. The summed E-state index contributed by atoms with van der Waals surface area (Å²) in [6, 6.07) is 1.63. The molecular weight excluding hydrogens is 227 g/mol. The topological polar surface area (TPSA) is 12.0 Å². The van der Waals surface area contributed by atoms with Gasteiger partial charge >= 0.3 is 0 Å². The maximum atomic E-state index is 13.5. The first kappa shape index (κ1) is 12.4. The molecule has 4 heteroatoms. The fraction of sp³-hybridized carbons (Fsp3) is 0.538. The van der Waals surface area contributed by atoms with Crippen LogP contribution in [0.25, 0.3) is 0 Å². The minimum atomic E-state index is -1.12. The van der Waals surface area contributed by atoms with Gasteiger partial charge in [0.2, 0.25) is 0 Å². The summed E-state index contributed by atoms with van der Waals surface area (Å²) in [5.41, 5.74) is 0.312. The van der Waals surface area contributed by atoms with E-state index >= 15 is 0 Å². The highest BCUT2D eigenvalue weighted by Crippen LogP contribution is 2.48. The molecule has 1 aromatic carbocycles. The van der Waals surface area contributed by atoms with Crippen molar-refractivity contribution in [2.45, 2.75) is 25.7 Å². The number of hydrogen-bond acceptors (Lipinski definition) is 1. The summed E-state index contributed by atoms with van der Waals surface area (Å²) in [7, 11) is 0. The predicted molar refractivity (Wildman–Crippen MR) is 60.3 cm³/mol. The van der Waals surface area contributed by atoms with Crippen molar-refractivity contribution in [1.29, 1.82) is 0 Å². The van der Waals surface area contributed by atoms with Gasteiger partial charge in [-0.1, -0.05) is 6.92 Å². The van der Waals surface area contributed by atoms with Gasteiger partial charge in [-0.25, -0.2) is 13.2 Å². The summed E-state index contributed by atoms with van der Waals surface area (Å²) >= 11 is 0. The molecule has 0 amide bonds. The molecular formula is C13H16F3N. The van der Waals surface area contributed by atoms with Crippen LogP contribution in [0.5, 0.6) is 0 Å². The Hall–Kier alpha value is -1.03. The van der Waals surface area contributed by atoms with Crippen molar-refractivity contribution in [1.82, 2.24) is 5.32 Å². The van der Waals surface area contributed by atoms with Crippen LogP contribution in [0.2, 0.25) is 0 Å². The Bertz CT molecular complexity index is 406. The molecule has 0 aliphatic heterocycles. The molecule has 2 atom stereocenters. The molecule has 1 N–H and O–H groups in total. The van der Waals surface area contributed by atoms with Gasteiger partial charge in [-0.05, 0) is 49.4 Å². The van der Waals surface area contributed by atoms with Crippen LogP contribution in [0, 0.1) is 23.4 Å². The molecule has 1 saturated carbocycles. The molecule has 1 aliphatic carbocycles. The smallest absolute Gasteiger partial charge is 0.161 e. The highest BCUT2D eigenvalue weighted by molar-refractivity contribution is 5.29. The van der Waals surface area contributed by atoms with Crippen LogP contribution in [0.3, 0.4) is 0 Å². The van der Waals surface area contributed by atoms with Gasteiger partial charge in [-0.15, -0.1) is 0 Å². The van der Waals surface area contributed by atoms with Gasteiger partial charge in [0.25, 0.3) is 0 Å². The molecule has 0 heterocycles. The van der Waals surface area contributed by atoms with E-state index in [0.29, 0.717) is 17.5 Å². The Labute approximate surface area is 99.0 Å². The predicted octanol–water partition coefficient (Wildman–Crippen LogP) is 3.21. The van der Waals surface area contributed by atoms with E-state index < -0.39 is 17.5 Å². The minimum Gasteiger partial charge on any atom is -0.316 e. The van der Waals surface area contributed by atoms with E-state index in [1.807, 2.05) is 0 Å². The van der Waals surface area contributed by atoms with E-state index in [-0.39, 0.29) is 5.92 Å². The van der Waals surface area contributed by atoms with Crippen LogP contribution < -0.4 is 5.32 Å². The van der Waals surface area contributed by atoms with E-state index in [1.165, 1.54) is 0 Å². The molecule has 1 nitrogen and oxygen atoms in total. The van der Waals surface area contributed by atoms with Crippen LogP contribution in [0.4, 0.5) is 13.2 Å². The van der Waals surface area contributed by atoms with Gasteiger partial charge in [-0.2, -0.15) is 0 Å². The number of hydrogen-bond donors (Lipinski definition) is 1. The molecule has 1 aliphatic rings. The zero-order valence-corrected chi connectivity index (χ0v) is 9.77. The standard InChI is InChI=1S/C13H16F3N/c1-2-3-17-7-8-4-9(8)10-5-12(15)13(16)6-11(10)14/h5-6,8-9,17H,2-4,7H2,1H3. The summed E-state index contributed by atoms with van der Waals surface area (Å²) < 4.78 is 39.2. The lowest BCUT2D eigenvalue weighted by atomic mass is 10.1. The Morgan fingerprint density at radius 3 is 2.59 bits per heavy atom. The molecule has 0 bridgehead atoms. The van der Waals surface area contributed by atoms with Gasteiger partial charge < -0.3 is 5.32 Å². The maximum absolute atomic E-state index is 13.5. The Morgan fingerprint density at radius 1 is 1.18 bits per heavy atom. The van der Waals surface area contributed by atoms with Gasteiger partial charge in [0, 0.05) is 6.07 Å². The zero-order chi connectivity index (χ0) is 12.4. The van der Waals surface area contributed by atoms with Crippen LogP contribution in [0.1, 0.15) is 31.2 Å². The molecule has 1 fully saturated rings. The van der Waals surface area contributed by atoms with Crippen molar-refractivity contribution >= 4 is 0 Å². The number of halogens is 3. The molecule has 0 radical (unpaired) electrons. The van der Waals surface area contributed by atoms with Crippen LogP contribution in [0.15, 0.2) is 12.1 Å². The summed E-state index contributed by atoms with van der Waals surface area (Å²) in [6.07, 6.45) is 1.90. The van der Waals surface area contributed by atoms with Crippen molar-refractivity contribution in [3.63, 3.8) is 0 Å². The fourth-order valence-corrected chi connectivity index (χ4v) is 2.14. The summed E-state index contributed by atoms with van der Waals surface area (Å²) in [5, 5.41) is 3.25. The molecule has 0 spiro atoms. The van der Waals surface area contributed by atoms with Gasteiger partial charge in [0.1, 0.15) is 5.82 Å². The SMILES string of the molecule is CCCNCC1CC1c1cc(F)c(F)cc1F. The first-order chi connectivity index (χ1) is 8.13. The lowest BCUT2D eigenvalue weighted by Crippen LogP contribution is -2.18. The zero-order valence-electron chi connectivity index (χ0n) is 9.77. The average molecular weight is 243 g/mol. The normalized spacial score (nSPS) is 22.8. The van der Waals surface area contributed by atoms with E-state index in [2.05, 4.69) is 12.2 Å². The van der Waals surface area contributed by atoms with Crippen LogP contribution in [-0.4, -0.2) is 13.1 Å². The molecule has 17 heavy (non-hydrogen) atoms. The Balaban J connectivity index is 1.98.